The van der Waals surface area contributed by atoms with Crippen LogP contribution in [0.2, 0.25) is 0 Å². The molecule has 5 saturated heterocycles. The number of esters is 1. The van der Waals surface area contributed by atoms with Crippen molar-refractivity contribution < 1.29 is 134 Å². The Morgan fingerprint density at radius 1 is 0.535 bits per heavy atom. The van der Waals surface area contributed by atoms with Crippen LogP contribution in [0.1, 0.15) is 106 Å². The molecule has 10 rings (SSSR count). The van der Waals surface area contributed by atoms with E-state index < -0.39 is 190 Å². The smallest absolute Gasteiger partial charge is 0.314 e. The lowest BCUT2D eigenvalue weighted by atomic mass is 9.32. The third kappa shape index (κ3) is 11.0. The van der Waals surface area contributed by atoms with Crippen molar-refractivity contribution in [3.8, 4) is 0 Å². The summed E-state index contributed by atoms with van der Waals surface area (Å²) in [4.78, 5) is 15.2. The predicted molar refractivity (Wildman–Crippen MR) is 289 cm³/mol. The van der Waals surface area contributed by atoms with Crippen LogP contribution >= 0.6 is 0 Å². The molecule has 0 aromatic heterocycles. The van der Waals surface area contributed by atoms with Crippen LogP contribution < -0.4 is 0 Å². The number of ether oxygens (including phenoxy) is 10. The molecule has 27 nitrogen and oxygen atoms in total. The third-order valence-corrected chi connectivity index (χ3v) is 23.7. The molecule has 0 bridgehead atoms. The first-order valence-electron chi connectivity index (χ1n) is 30.8. The van der Waals surface area contributed by atoms with Crippen molar-refractivity contribution in [1.29, 1.82) is 0 Å². The van der Waals surface area contributed by atoms with E-state index in [0.717, 1.165) is 31.3 Å². The molecule has 27 heteroatoms. The fourth-order valence-corrected chi connectivity index (χ4v) is 18.5. The van der Waals surface area contributed by atoms with E-state index in [1.54, 1.807) is 0 Å². The van der Waals surface area contributed by atoms with E-state index in [0.29, 0.717) is 38.5 Å². The number of rotatable bonds is 15. The van der Waals surface area contributed by atoms with E-state index >= 15 is 4.79 Å². The molecule has 0 aromatic carbocycles. The van der Waals surface area contributed by atoms with Gasteiger partial charge in [-0.2, -0.15) is 0 Å². The Morgan fingerprint density at radius 2 is 1.13 bits per heavy atom. The molecule has 5 aliphatic heterocycles. The number of fused-ring (bicyclic) bond motifs is 7. The maximum absolute atomic E-state index is 15.2. The second-order valence-electron chi connectivity index (χ2n) is 28.0. The van der Waals surface area contributed by atoms with Gasteiger partial charge in [-0.1, -0.05) is 39.8 Å². The molecule has 86 heavy (non-hydrogen) atoms. The van der Waals surface area contributed by atoms with Crippen molar-refractivity contribution in [2.75, 3.05) is 33.0 Å². The van der Waals surface area contributed by atoms with Gasteiger partial charge in [0.2, 0.25) is 6.29 Å². The summed E-state index contributed by atoms with van der Waals surface area (Å²) in [5.74, 6) is -0.807. The number of hydrogen-bond acceptors (Lipinski definition) is 27. The molecule has 6 unspecified atom stereocenters. The van der Waals surface area contributed by atoms with E-state index in [2.05, 4.69) is 27.4 Å². The van der Waals surface area contributed by atoms with Crippen molar-refractivity contribution in [2.24, 2.45) is 56.7 Å². The Hall–Kier alpha value is -1.79. The average Bonchev–Trinajstić information content (AvgIpc) is 1.00. The Morgan fingerprint density at radius 3 is 1.78 bits per heavy atom. The fourth-order valence-electron chi connectivity index (χ4n) is 18.5. The second-order valence-corrected chi connectivity index (χ2v) is 28.0. The van der Waals surface area contributed by atoms with Crippen molar-refractivity contribution in [3.63, 3.8) is 0 Å². The monoisotopic (exact) mass is 1240 g/mol. The van der Waals surface area contributed by atoms with Crippen LogP contribution in [0.25, 0.3) is 0 Å². The standard InChI is InChI=1S/C59H96O27/c1-23(2)25-10-15-59(54(76)86-53-44(73)40(69)37(66)30(82-53)21-78-49-45(74)41(70)48(29(19-61)81-49)85-51-42(71)38(67)35(64)24(3)79-51)17-16-57(6)26(34(25)59)8-9-32-55(4)13-12-33(56(5,22-62)31(55)11-14-58(32,57)7)83-50-46(75)47(27(63)20-77-50)84-52-43(72)39(68)36(65)28(18-60)80-52/h24-53,60-75H,1,8-22H2,2-7H3/t24-,25?,26?,27+,28+,29+,30+,31?,32?,33-,34?,35-,36+,37+,38+,39-,40-,41+,42+,43+,44+,45+,46-,47?,48+,49+,50+,51-,52-,53-,55-,56-,57+,58+,59-/m0/s1. The molecule has 5 heterocycles. The molecule has 0 spiro atoms. The Balaban J connectivity index is 0.809. The minimum atomic E-state index is -1.91. The summed E-state index contributed by atoms with van der Waals surface area (Å²) in [5, 5.41) is 173. The summed E-state index contributed by atoms with van der Waals surface area (Å²) in [7, 11) is 0. The zero-order valence-corrected chi connectivity index (χ0v) is 49.8. The zero-order chi connectivity index (χ0) is 62.7. The Labute approximate surface area is 499 Å². The van der Waals surface area contributed by atoms with Crippen LogP contribution in [0.3, 0.4) is 0 Å². The summed E-state index contributed by atoms with van der Waals surface area (Å²) in [6, 6.07) is 0. The number of aliphatic hydroxyl groups excluding tert-OH is 16. The normalized spacial score (nSPS) is 55.7. The van der Waals surface area contributed by atoms with Crippen molar-refractivity contribution >= 4 is 5.97 Å². The number of hydrogen-bond donors (Lipinski definition) is 16. The molecule has 35 atom stereocenters. The summed E-state index contributed by atoms with van der Waals surface area (Å²) in [6.45, 7) is 14.2. The van der Waals surface area contributed by atoms with Crippen LogP contribution in [0.4, 0.5) is 0 Å². The Bertz CT molecular complexity index is 2360. The Kier molecular flexibility index (Phi) is 19.7. The quantitative estimate of drug-likeness (QED) is 0.0426. The van der Waals surface area contributed by atoms with Gasteiger partial charge in [-0.3, -0.25) is 4.79 Å². The van der Waals surface area contributed by atoms with Crippen LogP contribution in [-0.4, -0.2) is 274 Å². The molecular weight excluding hydrogens is 1140 g/mol. The van der Waals surface area contributed by atoms with Gasteiger partial charge in [-0.15, -0.1) is 0 Å². The second kappa shape index (κ2) is 25.3. The van der Waals surface area contributed by atoms with E-state index in [4.69, 9.17) is 47.4 Å². The van der Waals surface area contributed by atoms with Gasteiger partial charge in [0.05, 0.1) is 50.7 Å². The highest BCUT2D eigenvalue weighted by atomic mass is 16.8. The lowest BCUT2D eigenvalue weighted by molar-refractivity contribution is -0.361. The van der Waals surface area contributed by atoms with Crippen molar-refractivity contribution in [2.45, 2.75) is 259 Å². The summed E-state index contributed by atoms with van der Waals surface area (Å²) >= 11 is 0. The summed E-state index contributed by atoms with van der Waals surface area (Å²) in [5.41, 5.74) is -1.85. The van der Waals surface area contributed by atoms with Gasteiger partial charge in [-0.05, 0) is 124 Å². The summed E-state index contributed by atoms with van der Waals surface area (Å²) < 4.78 is 58.8. The number of carbonyl (C=O) groups is 1. The first kappa shape index (κ1) is 67.1. The van der Waals surface area contributed by atoms with Crippen LogP contribution in [-0.2, 0) is 52.2 Å². The highest BCUT2D eigenvalue weighted by Gasteiger charge is 2.73. The fraction of sp³-hybridized carbons (Fsp3) is 0.949. The van der Waals surface area contributed by atoms with Gasteiger partial charge in [0, 0.05) is 5.41 Å². The van der Waals surface area contributed by atoms with Crippen LogP contribution in [0.5, 0.6) is 0 Å². The third-order valence-electron chi connectivity index (χ3n) is 23.7. The average molecular weight is 1240 g/mol. The molecule has 16 N–H and O–H groups in total. The predicted octanol–water partition coefficient (Wildman–Crippen LogP) is -3.72. The highest BCUT2D eigenvalue weighted by Crippen LogP contribution is 2.78. The van der Waals surface area contributed by atoms with E-state index in [-0.39, 0.29) is 59.0 Å². The van der Waals surface area contributed by atoms with Gasteiger partial charge in [0.15, 0.2) is 25.2 Å². The molecule has 10 fully saturated rings. The van der Waals surface area contributed by atoms with Crippen LogP contribution in [0.15, 0.2) is 12.2 Å². The first-order valence-corrected chi connectivity index (χ1v) is 30.8. The van der Waals surface area contributed by atoms with Crippen molar-refractivity contribution in [1.82, 2.24) is 0 Å². The maximum atomic E-state index is 15.2. The molecule has 0 radical (unpaired) electrons. The number of aliphatic hydroxyl groups is 16. The molecular formula is C59H96O27. The van der Waals surface area contributed by atoms with Gasteiger partial charge >= 0.3 is 5.97 Å². The molecule has 10 aliphatic rings. The highest BCUT2D eigenvalue weighted by molar-refractivity contribution is 5.78. The van der Waals surface area contributed by atoms with Gasteiger partial charge < -0.3 is 129 Å². The maximum Gasteiger partial charge on any atom is 0.314 e. The largest absolute Gasteiger partial charge is 0.432 e. The van der Waals surface area contributed by atoms with Gasteiger partial charge in [-0.25, -0.2) is 0 Å². The van der Waals surface area contributed by atoms with Crippen molar-refractivity contribution in [3.05, 3.63) is 12.2 Å². The van der Waals surface area contributed by atoms with Gasteiger partial charge in [0.25, 0.3) is 0 Å². The minimum absolute atomic E-state index is 0.0100. The van der Waals surface area contributed by atoms with Gasteiger partial charge in [0.1, 0.15) is 110 Å². The van der Waals surface area contributed by atoms with E-state index in [1.807, 2.05) is 13.8 Å². The van der Waals surface area contributed by atoms with E-state index in [1.165, 1.54) is 6.92 Å². The molecule has 5 saturated carbocycles. The summed E-state index contributed by atoms with van der Waals surface area (Å²) in [6.07, 6.45) is -33.0. The van der Waals surface area contributed by atoms with E-state index in [9.17, 15) is 81.7 Å². The molecule has 494 valence electrons. The zero-order valence-electron chi connectivity index (χ0n) is 49.8. The molecule has 0 amide bonds. The lowest BCUT2D eigenvalue weighted by Gasteiger charge is -2.73. The minimum Gasteiger partial charge on any atom is -0.432 e. The number of allylic oxidation sites excluding steroid dienone is 1. The number of carbonyl (C=O) groups excluding carboxylic acids is 1. The molecule has 0 aromatic rings. The first-order chi connectivity index (χ1) is 40.5. The van der Waals surface area contributed by atoms with Crippen LogP contribution in [0, 0.1) is 56.7 Å². The SMILES string of the molecule is C=C(C)C1CC[C@]2(C(=O)O[C@@H]3O[C@H](CO[C@@H]4O[C@H](CO)[C@@H](O[C@@H]5O[C@@H](C)[C@H](O)[C@@H](O)[C@H]5O)[C@H](O)[C@H]4O)[C@@H](O)[C@H](O)[C@H]3O)CC[C@]3(C)C(CCC4[C@@]5(C)CC[C@H](O[C@H]6OC[C@@H](O)C(O[C@@H]7O[C@H](CO)[C@@H](O)[C@H](O)[C@H]7O)[C@@H]6O)[C@@](C)(CO)C5CC[C@]43C)C12. The molecule has 5 aliphatic carbocycles. The lowest BCUT2D eigenvalue weighted by Crippen LogP contribution is -2.68. The topological polar surface area (TPSA) is 433 Å².